The monoisotopic (exact) mass is 331 g/mol. The first kappa shape index (κ1) is 15.1. The molecule has 0 aliphatic carbocycles. The molecule has 0 N–H and O–H groups in total. The Morgan fingerprint density at radius 3 is 2.35 bits per heavy atom. The molecular formula is C13H11Cl2NO3S. The average Bonchev–Trinajstić information content (AvgIpc) is 2.35. The molecule has 0 aliphatic heterocycles. The van der Waals surface area contributed by atoms with Crippen molar-refractivity contribution in [3.63, 3.8) is 0 Å². The van der Waals surface area contributed by atoms with Crippen molar-refractivity contribution in [1.82, 2.24) is 4.98 Å². The van der Waals surface area contributed by atoms with Crippen molar-refractivity contribution >= 4 is 31.3 Å². The summed E-state index contributed by atoms with van der Waals surface area (Å²) < 4.78 is 28.4. The maximum atomic E-state index is 11.5. The Kier molecular flexibility index (Phi) is 4.22. The Morgan fingerprint density at radius 1 is 1.20 bits per heavy atom. The number of aromatic nitrogens is 1. The van der Waals surface area contributed by atoms with Crippen LogP contribution in [0.15, 0.2) is 35.4 Å². The first-order chi connectivity index (χ1) is 9.29. The molecule has 0 saturated heterocycles. The van der Waals surface area contributed by atoms with E-state index in [1.807, 2.05) is 13.8 Å². The zero-order valence-corrected chi connectivity index (χ0v) is 13.1. The third kappa shape index (κ3) is 3.23. The Bertz CT molecular complexity index is 737. The number of hydrogen-bond acceptors (Lipinski definition) is 4. The van der Waals surface area contributed by atoms with Crippen molar-refractivity contribution in [2.24, 2.45) is 0 Å². The second-order valence-electron chi connectivity index (χ2n) is 4.22. The molecule has 7 heteroatoms. The highest BCUT2D eigenvalue weighted by Gasteiger charge is 2.18. The van der Waals surface area contributed by atoms with Gasteiger partial charge in [-0.3, -0.25) is 0 Å². The first-order valence-electron chi connectivity index (χ1n) is 5.63. The molecule has 1 aromatic heterocycles. The Labute approximate surface area is 126 Å². The van der Waals surface area contributed by atoms with E-state index in [-0.39, 0.29) is 10.8 Å². The zero-order valence-electron chi connectivity index (χ0n) is 10.7. The molecule has 0 radical (unpaired) electrons. The molecule has 0 unspecified atom stereocenters. The van der Waals surface area contributed by atoms with E-state index < -0.39 is 9.05 Å². The van der Waals surface area contributed by atoms with Crippen LogP contribution >= 0.6 is 22.3 Å². The molecule has 0 spiro atoms. The van der Waals surface area contributed by atoms with Crippen LogP contribution in [0.2, 0.25) is 5.02 Å². The van der Waals surface area contributed by atoms with Gasteiger partial charge in [-0.1, -0.05) is 11.6 Å². The molecule has 0 atom stereocenters. The van der Waals surface area contributed by atoms with Crippen LogP contribution in [0.3, 0.4) is 0 Å². The van der Waals surface area contributed by atoms with Crippen LogP contribution in [0.5, 0.6) is 11.6 Å². The van der Waals surface area contributed by atoms with Gasteiger partial charge in [0.15, 0.2) is 0 Å². The number of benzene rings is 1. The molecule has 1 heterocycles. The molecule has 2 aromatic rings. The highest BCUT2D eigenvalue weighted by molar-refractivity contribution is 8.13. The van der Waals surface area contributed by atoms with Gasteiger partial charge in [0.25, 0.3) is 9.05 Å². The van der Waals surface area contributed by atoms with Crippen LogP contribution in [-0.4, -0.2) is 13.4 Å². The SMILES string of the molecule is Cc1cc(Oc2ncccc2S(=O)(=O)Cl)cc(C)c1Cl. The van der Waals surface area contributed by atoms with Crippen molar-refractivity contribution in [3.8, 4) is 11.6 Å². The van der Waals surface area contributed by atoms with Crippen molar-refractivity contribution in [2.75, 3.05) is 0 Å². The number of aryl methyl sites for hydroxylation is 2. The van der Waals surface area contributed by atoms with Gasteiger partial charge in [0.2, 0.25) is 5.88 Å². The highest BCUT2D eigenvalue weighted by Crippen LogP contribution is 2.32. The van der Waals surface area contributed by atoms with Crippen molar-refractivity contribution in [2.45, 2.75) is 18.7 Å². The zero-order chi connectivity index (χ0) is 14.9. The summed E-state index contributed by atoms with van der Waals surface area (Å²) in [7, 11) is 1.43. The molecule has 0 saturated carbocycles. The number of pyridine rings is 1. The average molecular weight is 332 g/mol. The number of ether oxygens (including phenoxy) is 1. The Hall–Kier alpha value is -1.30. The minimum absolute atomic E-state index is 0.0661. The second-order valence-corrected chi connectivity index (χ2v) is 7.13. The van der Waals surface area contributed by atoms with Crippen molar-refractivity contribution < 1.29 is 13.2 Å². The molecule has 20 heavy (non-hydrogen) atoms. The predicted molar refractivity (Wildman–Crippen MR) is 78.3 cm³/mol. The van der Waals surface area contributed by atoms with E-state index >= 15 is 0 Å². The number of halogens is 2. The lowest BCUT2D eigenvalue weighted by atomic mass is 10.1. The maximum absolute atomic E-state index is 11.5. The molecule has 2 rings (SSSR count). The first-order valence-corrected chi connectivity index (χ1v) is 8.32. The van der Waals surface area contributed by atoms with E-state index in [1.165, 1.54) is 18.3 Å². The minimum atomic E-state index is -3.92. The standard InChI is InChI=1S/C13H11Cl2NO3S/c1-8-6-10(7-9(2)12(8)14)19-13-11(20(15,17)18)4-3-5-16-13/h3-7H,1-2H3. The normalized spacial score (nSPS) is 11.4. The largest absolute Gasteiger partial charge is 0.438 e. The van der Waals surface area contributed by atoms with Gasteiger partial charge in [-0.2, -0.15) is 0 Å². The van der Waals surface area contributed by atoms with E-state index in [2.05, 4.69) is 4.98 Å². The molecule has 1 aromatic carbocycles. The van der Waals surface area contributed by atoms with Gasteiger partial charge < -0.3 is 4.74 Å². The van der Waals surface area contributed by atoms with E-state index in [0.29, 0.717) is 10.8 Å². The number of nitrogens with zero attached hydrogens (tertiary/aromatic N) is 1. The van der Waals surface area contributed by atoms with Crippen LogP contribution in [0, 0.1) is 13.8 Å². The van der Waals surface area contributed by atoms with Crippen LogP contribution < -0.4 is 4.74 Å². The van der Waals surface area contributed by atoms with E-state index in [9.17, 15) is 8.42 Å². The summed E-state index contributed by atoms with van der Waals surface area (Å²) >= 11 is 6.07. The van der Waals surface area contributed by atoms with Gasteiger partial charge in [-0.15, -0.1) is 0 Å². The molecule has 0 aliphatic rings. The lowest BCUT2D eigenvalue weighted by Gasteiger charge is -2.10. The fourth-order valence-corrected chi connectivity index (χ4v) is 2.72. The molecule has 0 amide bonds. The smallest absolute Gasteiger partial charge is 0.266 e. The summed E-state index contributed by atoms with van der Waals surface area (Å²) in [5, 5.41) is 0.642. The lowest BCUT2D eigenvalue weighted by Crippen LogP contribution is -1.98. The molecular weight excluding hydrogens is 321 g/mol. The fraction of sp³-hybridized carbons (Fsp3) is 0.154. The van der Waals surface area contributed by atoms with Gasteiger partial charge in [0, 0.05) is 21.9 Å². The summed E-state index contributed by atoms with van der Waals surface area (Å²) in [6.07, 6.45) is 1.43. The van der Waals surface area contributed by atoms with Crippen molar-refractivity contribution in [3.05, 3.63) is 46.6 Å². The minimum Gasteiger partial charge on any atom is -0.438 e. The molecule has 0 bridgehead atoms. The summed E-state index contributed by atoms with van der Waals surface area (Å²) in [6, 6.07) is 6.21. The summed E-state index contributed by atoms with van der Waals surface area (Å²) in [4.78, 5) is 3.73. The summed E-state index contributed by atoms with van der Waals surface area (Å²) in [6.45, 7) is 3.67. The predicted octanol–water partition coefficient (Wildman–Crippen LogP) is 4.07. The van der Waals surface area contributed by atoms with Crippen molar-refractivity contribution in [1.29, 1.82) is 0 Å². The lowest BCUT2D eigenvalue weighted by molar-refractivity contribution is 0.447. The summed E-state index contributed by atoms with van der Waals surface area (Å²) in [5.41, 5.74) is 1.65. The van der Waals surface area contributed by atoms with Crippen LogP contribution in [0.25, 0.3) is 0 Å². The fourth-order valence-electron chi connectivity index (χ4n) is 1.72. The molecule has 4 nitrogen and oxygen atoms in total. The third-order valence-corrected chi connectivity index (χ3v) is 4.55. The second kappa shape index (κ2) is 5.60. The highest BCUT2D eigenvalue weighted by atomic mass is 35.7. The van der Waals surface area contributed by atoms with Crippen LogP contribution in [-0.2, 0) is 9.05 Å². The number of rotatable bonds is 3. The molecule has 0 fully saturated rings. The Morgan fingerprint density at radius 2 is 1.80 bits per heavy atom. The van der Waals surface area contributed by atoms with Gasteiger partial charge in [-0.25, -0.2) is 13.4 Å². The van der Waals surface area contributed by atoms with Gasteiger partial charge in [0.05, 0.1) is 0 Å². The number of hydrogen-bond donors (Lipinski definition) is 0. The van der Waals surface area contributed by atoms with Gasteiger partial charge in [0.1, 0.15) is 10.6 Å². The van der Waals surface area contributed by atoms with E-state index in [4.69, 9.17) is 27.0 Å². The van der Waals surface area contributed by atoms with Gasteiger partial charge in [-0.05, 0) is 49.2 Å². The van der Waals surface area contributed by atoms with Crippen LogP contribution in [0.1, 0.15) is 11.1 Å². The summed E-state index contributed by atoms with van der Waals surface area (Å²) in [5.74, 6) is 0.383. The van der Waals surface area contributed by atoms with Gasteiger partial charge >= 0.3 is 0 Å². The van der Waals surface area contributed by atoms with E-state index in [1.54, 1.807) is 12.1 Å². The molecule has 106 valence electrons. The topological polar surface area (TPSA) is 56.3 Å². The van der Waals surface area contributed by atoms with Crippen LogP contribution in [0.4, 0.5) is 0 Å². The quantitative estimate of drug-likeness (QED) is 0.795. The van der Waals surface area contributed by atoms with E-state index in [0.717, 1.165) is 11.1 Å². The maximum Gasteiger partial charge on any atom is 0.266 e. The Balaban J connectivity index is 2.46. The third-order valence-electron chi connectivity index (χ3n) is 2.62.